The first-order chi connectivity index (χ1) is 17.9. The topological polar surface area (TPSA) is 143 Å². The van der Waals surface area contributed by atoms with Crippen molar-refractivity contribution in [3.8, 4) is 11.5 Å². The SMILES string of the molecule is CSC(C)=NOC(=O)N(C)SN(C)C(=O)Oc1ccc(OC(=O)N(C)SN(C)C(=O)ON=C(C)SC)cc1. The second-order valence-electron chi connectivity index (χ2n) is 6.70. The van der Waals surface area contributed by atoms with Gasteiger partial charge in [-0.15, -0.1) is 23.5 Å². The van der Waals surface area contributed by atoms with Crippen LogP contribution in [0, 0.1) is 0 Å². The maximum Gasteiger partial charge on any atom is 0.447 e. The maximum absolute atomic E-state index is 12.3. The zero-order chi connectivity index (χ0) is 28.8. The van der Waals surface area contributed by atoms with Crippen molar-refractivity contribution in [1.29, 1.82) is 0 Å². The molecule has 38 heavy (non-hydrogen) atoms. The number of benzene rings is 1. The summed E-state index contributed by atoms with van der Waals surface area (Å²) < 4.78 is 14.7. The van der Waals surface area contributed by atoms with Crippen molar-refractivity contribution < 1.29 is 38.3 Å². The fourth-order valence-corrected chi connectivity index (χ4v) is 3.17. The number of ether oxygens (including phenoxy) is 2. The summed E-state index contributed by atoms with van der Waals surface area (Å²) in [5.74, 6) is 0.331. The van der Waals surface area contributed by atoms with Crippen LogP contribution in [0.5, 0.6) is 11.5 Å². The number of nitrogens with zero attached hydrogens (tertiary/aromatic N) is 6. The average Bonchev–Trinajstić information content (AvgIpc) is 2.90. The molecule has 210 valence electrons. The third kappa shape index (κ3) is 12.1. The Morgan fingerprint density at radius 1 is 0.605 bits per heavy atom. The van der Waals surface area contributed by atoms with Crippen molar-refractivity contribution in [2.75, 3.05) is 40.7 Å². The Kier molecular flexibility index (Phi) is 14.6. The second kappa shape index (κ2) is 16.8. The first-order valence-corrected chi connectivity index (χ1v) is 14.2. The normalized spacial score (nSPS) is 11.3. The van der Waals surface area contributed by atoms with Gasteiger partial charge in [-0.1, -0.05) is 10.3 Å². The Bertz CT molecular complexity index is 962. The summed E-state index contributed by atoms with van der Waals surface area (Å²) in [6.45, 7) is 3.36. The van der Waals surface area contributed by atoms with E-state index in [1.165, 1.54) is 76.0 Å². The van der Waals surface area contributed by atoms with E-state index in [9.17, 15) is 19.2 Å². The third-order valence-electron chi connectivity index (χ3n) is 3.85. The van der Waals surface area contributed by atoms with E-state index in [1.54, 1.807) is 26.4 Å². The summed E-state index contributed by atoms with van der Waals surface area (Å²) >= 11 is 4.12. The number of carbonyl (C=O) groups is 4. The zero-order valence-electron chi connectivity index (χ0n) is 21.9. The van der Waals surface area contributed by atoms with E-state index in [1.807, 2.05) is 0 Å². The number of carbonyl (C=O) groups excluding carboxylic acids is 4. The molecule has 0 heterocycles. The van der Waals surface area contributed by atoms with Crippen LogP contribution in [0.3, 0.4) is 0 Å². The van der Waals surface area contributed by atoms with Crippen LogP contribution in [0.15, 0.2) is 34.6 Å². The van der Waals surface area contributed by atoms with Gasteiger partial charge < -0.3 is 9.47 Å². The van der Waals surface area contributed by atoms with Crippen LogP contribution in [0.2, 0.25) is 0 Å². The molecule has 0 atom stereocenters. The summed E-state index contributed by atoms with van der Waals surface area (Å²) in [5, 5.41) is 8.38. The van der Waals surface area contributed by atoms with E-state index < -0.39 is 24.4 Å². The number of hydrogen-bond donors (Lipinski definition) is 0. The zero-order valence-corrected chi connectivity index (χ0v) is 25.2. The van der Waals surface area contributed by atoms with Crippen LogP contribution in [0.4, 0.5) is 19.2 Å². The van der Waals surface area contributed by atoms with Crippen molar-refractivity contribution >= 4 is 82.3 Å². The van der Waals surface area contributed by atoms with E-state index in [-0.39, 0.29) is 11.5 Å². The predicted molar refractivity (Wildman–Crippen MR) is 151 cm³/mol. The van der Waals surface area contributed by atoms with E-state index in [0.717, 1.165) is 41.5 Å². The molecule has 0 saturated heterocycles. The molecule has 1 aromatic rings. The molecule has 0 saturated carbocycles. The van der Waals surface area contributed by atoms with Crippen molar-refractivity contribution in [1.82, 2.24) is 17.2 Å². The molecule has 0 aliphatic heterocycles. The van der Waals surface area contributed by atoms with Gasteiger partial charge in [0.15, 0.2) is 0 Å². The molecule has 1 aromatic carbocycles. The Balaban J connectivity index is 2.57. The lowest BCUT2D eigenvalue weighted by molar-refractivity contribution is 0.135. The number of rotatable bonds is 8. The first kappa shape index (κ1) is 33.1. The van der Waals surface area contributed by atoms with Crippen LogP contribution in [-0.2, 0) is 9.68 Å². The Labute approximate surface area is 237 Å². The molecule has 14 nitrogen and oxygen atoms in total. The predicted octanol–water partition coefficient (Wildman–Crippen LogP) is 5.20. The molecule has 0 bridgehead atoms. The minimum absolute atomic E-state index is 0.166. The van der Waals surface area contributed by atoms with Crippen molar-refractivity contribution in [2.45, 2.75) is 13.8 Å². The molecule has 1 rings (SSSR count). The molecule has 0 spiro atoms. The van der Waals surface area contributed by atoms with Gasteiger partial charge >= 0.3 is 24.4 Å². The maximum atomic E-state index is 12.3. The fraction of sp³-hybridized carbons (Fsp3) is 0.400. The summed E-state index contributed by atoms with van der Waals surface area (Å²) in [6, 6.07) is 5.67. The van der Waals surface area contributed by atoms with Crippen molar-refractivity contribution in [3.05, 3.63) is 24.3 Å². The fourth-order valence-electron chi connectivity index (χ4n) is 1.80. The largest absolute Gasteiger partial charge is 0.447 e. The highest BCUT2D eigenvalue weighted by molar-refractivity contribution is 8.13. The monoisotopic (exact) mass is 608 g/mol. The van der Waals surface area contributed by atoms with Gasteiger partial charge in [0.2, 0.25) is 0 Å². The van der Waals surface area contributed by atoms with Crippen LogP contribution >= 0.6 is 47.8 Å². The van der Waals surface area contributed by atoms with E-state index in [0.29, 0.717) is 10.1 Å². The lowest BCUT2D eigenvalue weighted by Gasteiger charge is -2.21. The molecule has 0 aliphatic rings. The number of amides is 4. The second-order valence-corrected chi connectivity index (χ2v) is 11.2. The molecule has 0 aromatic heterocycles. The highest BCUT2D eigenvalue weighted by Crippen LogP contribution is 2.22. The quantitative estimate of drug-likeness (QED) is 0.126. The number of hydrogen-bond acceptors (Lipinski definition) is 14. The lowest BCUT2D eigenvalue weighted by atomic mass is 10.3. The molecule has 18 heteroatoms. The smallest absolute Gasteiger partial charge is 0.410 e. The van der Waals surface area contributed by atoms with E-state index >= 15 is 0 Å². The van der Waals surface area contributed by atoms with Gasteiger partial charge in [0.1, 0.15) is 21.6 Å². The van der Waals surface area contributed by atoms with Crippen LogP contribution in [0.1, 0.15) is 13.8 Å². The summed E-state index contributed by atoms with van der Waals surface area (Å²) in [4.78, 5) is 58.0. The van der Waals surface area contributed by atoms with Gasteiger partial charge in [0, 0.05) is 28.2 Å². The minimum Gasteiger partial charge on any atom is -0.410 e. The Morgan fingerprint density at radius 3 is 1.18 bits per heavy atom. The van der Waals surface area contributed by atoms with Crippen LogP contribution in [0.25, 0.3) is 0 Å². The number of thioether (sulfide) groups is 2. The first-order valence-electron chi connectivity index (χ1n) is 10.3. The van der Waals surface area contributed by atoms with Crippen molar-refractivity contribution in [2.24, 2.45) is 10.3 Å². The van der Waals surface area contributed by atoms with Gasteiger partial charge in [-0.25, -0.2) is 36.4 Å². The molecule has 0 unspecified atom stereocenters. The van der Waals surface area contributed by atoms with Gasteiger partial charge in [-0.3, -0.25) is 9.68 Å². The molecular weight excluding hydrogens is 581 g/mol. The molecule has 0 N–H and O–H groups in total. The summed E-state index contributed by atoms with van der Waals surface area (Å²) in [6.07, 6.45) is 0.472. The van der Waals surface area contributed by atoms with Gasteiger partial charge in [-0.2, -0.15) is 0 Å². The van der Waals surface area contributed by atoms with Gasteiger partial charge in [0.25, 0.3) is 0 Å². The summed E-state index contributed by atoms with van der Waals surface area (Å²) in [7, 11) is 5.61. The number of oxime groups is 2. The molecule has 0 fully saturated rings. The molecule has 0 aliphatic carbocycles. The highest BCUT2D eigenvalue weighted by Gasteiger charge is 2.21. The Morgan fingerprint density at radius 2 is 0.895 bits per heavy atom. The highest BCUT2D eigenvalue weighted by atomic mass is 32.2. The van der Waals surface area contributed by atoms with E-state index in [4.69, 9.17) is 19.1 Å². The third-order valence-corrected chi connectivity index (χ3v) is 6.75. The van der Waals surface area contributed by atoms with Crippen LogP contribution in [-0.4, -0.2) is 92.4 Å². The molecular formula is C20H28N6O8S4. The van der Waals surface area contributed by atoms with Crippen LogP contribution < -0.4 is 9.47 Å². The molecule has 0 radical (unpaired) electrons. The minimum atomic E-state index is -0.778. The lowest BCUT2D eigenvalue weighted by Crippen LogP contribution is -2.31. The van der Waals surface area contributed by atoms with Gasteiger partial charge in [-0.05, 0) is 50.6 Å². The standard InChI is InChI=1S/C20H28N6O8S4/c1-13(35-7)21-33-19(29)25(5)37-23(3)17(27)31-15-9-11-16(12-10-15)32-18(28)24(4)38-26(6)20(30)34-22-14(2)36-8/h9-12H,1-8H3. The molecule has 4 amide bonds. The summed E-state index contributed by atoms with van der Waals surface area (Å²) in [5.41, 5.74) is 0. The average molecular weight is 609 g/mol. The van der Waals surface area contributed by atoms with E-state index in [2.05, 4.69) is 10.3 Å². The van der Waals surface area contributed by atoms with Crippen molar-refractivity contribution in [3.63, 3.8) is 0 Å². The Hall–Kier alpha value is -2.96. The van der Waals surface area contributed by atoms with Gasteiger partial charge in [0.05, 0.1) is 24.3 Å².